The number of piperidine rings is 3. The number of nitrogens with zero attached hydrogens (tertiary/aromatic N) is 1. The van der Waals surface area contributed by atoms with Gasteiger partial charge in [0.15, 0.2) is 0 Å². The van der Waals surface area contributed by atoms with Crippen LogP contribution in [0, 0.1) is 5.92 Å². The fourth-order valence-electron chi connectivity index (χ4n) is 4.21. The lowest BCUT2D eigenvalue weighted by Gasteiger charge is -2.44. The van der Waals surface area contributed by atoms with E-state index in [-0.39, 0.29) is 18.0 Å². The Bertz CT molecular complexity index is 846. The summed E-state index contributed by atoms with van der Waals surface area (Å²) in [5, 5.41) is 5.09. The number of hydrogen-bond donors (Lipinski definition) is 1. The molecule has 0 radical (unpaired) electrons. The quantitative estimate of drug-likeness (QED) is 0.701. The molecular weight excluding hydrogens is 388 g/mol. The summed E-state index contributed by atoms with van der Waals surface area (Å²) < 4.78 is 10.8. The molecule has 7 heteroatoms. The van der Waals surface area contributed by atoms with Crippen molar-refractivity contribution in [2.45, 2.75) is 24.9 Å². The first kappa shape index (κ1) is 19.9. The maximum absolute atomic E-state index is 13.2. The normalized spacial score (nSPS) is 24.0. The van der Waals surface area contributed by atoms with Crippen molar-refractivity contribution >= 4 is 29.0 Å². The molecule has 2 atom stereocenters. The van der Waals surface area contributed by atoms with Crippen LogP contribution >= 0.6 is 11.3 Å². The fourth-order valence-corrected chi connectivity index (χ4v) is 5.00. The topological polar surface area (TPSA) is 67.9 Å². The Morgan fingerprint density at radius 1 is 1.21 bits per heavy atom. The molecule has 2 bridgehead atoms. The third-order valence-electron chi connectivity index (χ3n) is 5.88. The Morgan fingerprint density at radius 2 is 1.97 bits per heavy atom. The largest absolute Gasteiger partial charge is 0.465 e. The molecule has 154 valence electrons. The van der Waals surface area contributed by atoms with Gasteiger partial charge in [-0.3, -0.25) is 9.69 Å². The fraction of sp³-hybridized carbons (Fsp3) is 0.455. The summed E-state index contributed by atoms with van der Waals surface area (Å²) in [6.45, 7) is 3.40. The van der Waals surface area contributed by atoms with Crippen LogP contribution in [-0.2, 0) is 14.3 Å². The molecule has 3 aliphatic rings. The van der Waals surface area contributed by atoms with Crippen LogP contribution in [0.5, 0.6) is 0 Å². The van der Waals surface area contributed by atoms with E-state index in [0.29, 0.717) is 23.0 Å². The second-order valence-corrected chi connectivity index (χ2v) is 8.53. The first-order valence-corrected chi connectivity index (χ1v) is 10.9. The summed E-state index contributed by atoms with van der Waals surface area (Å²) in [5.41, 5.74) is 1.58. The van der Waals surface area contributed by atoms with Gasteiger partial charge in [0.25, 0.3) is 0 Å². The molecule has 5 rings (SSSR count). The smallest absolute Gasteiger partial charge is 0.350 e. The molecule has 29 heavy (non-hydrogen) atoms. The van der Waals surface area contributed by atoms with Crippen molar-refractivity contribution in [2.75, 3.05) is 38.6 Å². The Morgan fingerprint density at radius 3 is 2.62 bits per heavy atom. The van der Waals surface area contributed by atoms with Gasteiger partial charge in [0, 0.05) is 13.1 Å². The van der Waals surface area contributed by atoms with E-state index < -0.39 is 5.92 Å². The van der Waals surface area contributed by atoms with E-state index in [2.05, 4.69) is 10.2 Å². The maximum atomic E-state index is 13.2. The number of methoxy groups -OCH3 is 1. The number of nitrogens with one attached hydrogen (secondary N) is 1. The minimum absolute atomic E-state index is 0.0250. The Balaban J connectivity index is 1.48. The minimum atomic E-state index is -0.447. The average Bonchev–Trinajstić information content (AvgIpc) is 3.23. The molecule has 0 spiro atoms. The Labute approximate surface area is 174 Å². The summed E-state index contributed by atoms with van der Waals surface area (Å²) in [6.07, 6.45) is 2.18. The monoisotopic (exact) mass is 414 g/mol. The van der Waals surface area contributed by atoms with Gasteiger partial charge in [0.2, 0.25) is 0 Å². The molecule has 1 aromatic heterocycles. The summed E-state index contributed by atoms with van der Waals surface area (Å²) in [4.78, 5) is 28.0. The van der Waals surface area contributed by atoms with Gasteiger partial charge in [-0.25, -0.2) is 4.79 Å². The lowest BCUT2D eigenvalue weighted by atomic mass is 9.85. The number of carbonyl (C=O) groups is 2. The summed E-state index contributed by atoms with van der Waals surface area (Å²) in [5.74, 6) is -0.570. The SMILES string of the molecule is COC(=O)c1sccc1NCC(C(=O)O[C@H]1CN2CCC1CC2)c1ccccc1. The average molecular weight is 415 g/mol. The van der Waals surface area contributed by atoms with Crippen molar-refractivity contribution in [3.63, 3.8) is 0 Å². The Hall–Kier alpha value is -2.38. The van der Waals surface area contributed by atoms with E-state index in [9.17, 15) is 9.59 Å². The number of ether oxygens (including phenoxy) is 2. The highest BCUT2D eigenvalue weighted by Crippen LogP contribution is 2.31. The highest BCUT2D eigenvalue weighted by Gasteiger charge is 2.37. The van der Waals surface area contributed by atoms with Gasteiger partial charge >= 0.3 is 11.9 Å². The molecule has 0 saturated carbocycles. The van der Waals surface area contributed by atoms with Crippen LogP contribution in [-0.4, -0.2) is 56.2 Å². The van der Waals surface area contributed by atoms with Crippen molar-refractivity contribution in [1.82, 2.24) is 4.90 Å². The molecular formula is C22H26N2O4S. The number of esters is 2. The minimum Gasteiger partial charge on any atom is -0.465 e. The standard InChI is InChI=1S/C22H26N2O4S/c1-27-22(26)20-18(9-12-29-20)23-13-17(15-5-3-2-4-6-15)21(25)28-19-14-24-10-7-16(19)8-11-24/h2-6,9,12,16-17,19,23H,7-8,10-11,13-14H2,1H3/t17?,19-/m0/s1. The number of hydrogen-bond acceptors (Lipinski definition) is 7. The van der Waals surface area contributed by atoms with Crippen LogP contribution in [0.15, 0.2) is 41.8 Å². The zero-order chi connectivity index (χ0) is 20.2. The van der Waals surface area contributed by atoms with E-state index in [1.807, 2.05) is 41.8 Å². The molecule has 2 aromatic rings. The van der Waals surface area contributed by atoms with Crippen LogP contribution < -0.4 is 5.32 Å². The number of rotatable bonds is 7. The molecule has 3 aliphatic heterocycles. The molecule has 1 unspecified atom stereocenters. The maximum Gasteiger partial charge on any atom is 0.350 e. The van der Waals surface area contributed by atoms with Crippen LogP contribution in [0.25, 0.3) is 0 Å². The zero-order valence-corrected chi connectivity index (χ0v) is 17.3. The number of benzene rings is 1. The second kappa shape index (κ2) is 8.97. The van der Waals surface area contributed by atoms with Crippen LogP contribution in [0.4, 0.5) is 5.69 Å². The number of thiophene rings is 1. The highest BCUT2D eigenvalue weighted by molar-refractivity contribution is 7.12. The Kier molecular flexibility index (Phi) is 6.16. The summed E-state index contributed by atoms with van der Waals surface area (Å²) in [7, 11) is 1.36. The van der Waals surface area contributed by atoms with Crippen molar-refractivity contribution < 1.29 is 19.1 Å². The molecule has 1 aromatic carbocycles. The van der Waals surface area contributed by atoms with E-state index in [0.717, 1.165) is 38.0 Å². The van der Waals surface area contributed by atoms with Crippen molar-refractivity contribution in [3.8, 4) is 0 Å². The van der Waals surface area contributed by atoms with Crippen LogP contribution in [0.2, 0.25) is 0 Å². The lowest BCUT2D eigenvalue weighted by Crippen LogP contribution is -2.52. The van der Waals surface area contributed by atoms with Crippen LogP contribution in [0.1, 0.15) is 34.0 Å². The lowest BCUT2D eigenvalue weighted by molar-refractivity contribution is -0.160. The summed E-state index contributed by atoms with van der Waals surface area (Å²) >= 11 is 1.32. The molecule has 3 fully saturated rings. The zero-order valence-electron chi connectivity index (χ0n) is 16.5. The van der Waals surface area contributed by atoms with Crippen molar-refractivity contribution in [3.05, 3.63) is 52.2 Å². The second-order valence-electron chi connectivity index (χ2n) is 7.61. The molecule has 4 heterocycles. The van der Waals surface area contributed by atoms with Gasteiger partial charge in [-0.1, -0.05) is 30.3 Å². The van der Waals surface area contributed by atoms with Gasteiger partial charge < -0.3 is 14.8 Å². The van der Waals surface area contributed by atoms with E-state index >= 15 is 0 Å². The van der Waals surface area contributed by atoms with Gasteiger partial charge in [-0.05, 0) is 48.9 Å². The summed E-state index contributed by atoms with van der Waals surface area (Å²) in [6, 6.07) is 11.5. The molecule has 6 nitrogen and oxygen atoms in total. The van der Waals surface area contributed by atoms with E-state index in [1.165, 1.54) is 18.4 Å². The van der Waals surface area contributed by atoms with Crippen molar-refractivity contribution in [2.24, 2.45) is 5.92 Å². The number of carbonyl (C=O) groups excluding carboxylic acids is 2. The first-order valence-electron chi connectivity index (χ1n) is 10.0. The predicted octanol–water partition coefficient (Wildman–Crippen LogP) is 3.37. The molecule has 1 N–H and O–H groups in total. The highest BCUT2D eigenvalue weighted by atomic mass is 32.1. The van der Waals surface area contributed by atoms with Gasteiger partial charge in [-0.15, -0.1) is 11.3 Å². The molecule has 3 saturated heterocycles. The van der Waals surface area contributed by atoms with Gasteiger partial charge in [0.1, 0.15) is 11.0 Å². The van der Waals surface area contributed by atoms with Gasteiger partial charge in [-0.2, -0.15) is 0 Å². The third kappa shape index (κ3) is 4.46. The number of anilines is 1. The van der Waals surface area contributed by atoms with Crippen molar-refractivity contribution in [1.29, 1.82) is 0 Å². The predicted molar refractivity (Wildman–Crippen MR) is 112 cm³/mol. The van der Waals surface area contributed by atoms with Gasteiger partial charge in [0.05, 0.1) is 18.7 Å². The molecule has 0 aliphatic carbocycles. The van der Waals surface area contributed by atoms with E-state index in [1.54, 1.807) is 0 Å². The number of fused-ring (bicyclic) bond motifs is 3. The molecule has 0 amide bonds. The first-order chi connectivity index (χ1) is 14.2. The van der Waals surface area contributed by atoms with Crippen LogP contribution in [0.3, 0.4) is 0 Å². The van der Waals surface area contributed by atoms with E-state index in [4.69, 9.17) is 9.47 Å². The third-order valence-corrected chi connectivity index (χ3v) is 6.78.